The van der Waals surface area contributed by atoms with Crippen LogP contribution in [0.15, 0.2) is 54.4 Å². The average molecular weight is 687 g/mol. The second-order valence-electron chi connectivity index (χ2n) is 11.7. The van der Waals surface area contributed by atoms with Crippen molar-refractivity contribution in [3.63, 3.8) is 0 Å². The monoisotopic (exact) mass is 685 g/mol. The molecular formula is C31H30Cl2FN7O4S. The number of ether oxygens (including phenoxy) is 2. The summed E-state index contributed by atoms with van der Waals surface area (Å²) in [5.74, 6) is 0.162. The lowest BCUT2D eigenvalue weighted by atomic mass is 10.0. The Kier molecular flexibility index (Phi) is 8.90. The minimum atomic E-state index is -1.06. The molecule has 6 rings (SSSR count). The highest BCUT2D eigenvalue weighted by Gasteiger charge is 2.34. The molecule has 2 N–H and O–H groups in total. The molecule has 2 aromatic carbocycles. The van der Waals surface area contributed by atoms with Crippen LogP contribution < -0.4 is 15.4 Å². The number of thiazole rings is 1. The van der Waals surface area contributed by atoms with E-state index in [9.17, 15) is 14.0 Å². The number of carbonyl (C=O) groups excluding carboxylic acids is 2. The van der Waals surface area contributed by atoms with E-state index in [1.54, 1.807) is 67.6 Å². The van der Waals surface area contributed by atoms with Crippen LogP contribution in [-0.2, 0) is 22.5 Å². The molecule has 0 saturated heterocycles. The van der Waals surface area contributed by atoms with Gasteiger partial charge in [-0.05, 0) is 44.5 Å². The van der Waals surface area contributed by atoms with E-state index in [2.05, 4.69) is 20.6 Å². The summed E-state index contributed by atoms with van der Waals surface area (Å²) in [6.07, 6.45) is 3.35. The summed E-state index contributed by atoms with van der Waals surface area (Å²) in [6.45, 7) is 6.09. The van der Waals surface area contributed by atoms with Gasteiger partial charge in [0.1, 0.15) is 29.6 Å². The van der Waals surface area contributed by atoms with Crippen molar-refractivity contribution in [3.05, 3.63) is 75.9 Å². The van der Waals surface area contributed by atoms with Gasteiger partial charge in [0.25, 0.3) is 5.91 Å². The summed E-state index contributed by atoms with van der Waals surface area (Å²) in [5, 5.41) is 13.6. The molecule has 5 aromatic rings. The lowest BCUT2D eigenvalue weighted by Crippen LogP contribution is -2.34. The van der Waals surface area contributed by atoms with Crippen molar-refractivity contribution in [2.75, 3.05) is 18.5 Å². The molecule has 0 saturated carbocycles. The lowest BCUT2D eigenvalue weighted by Gasteiger charge is -2.19. The van der Waals surface area contributed by atoms with Crippen molar-refractivity contribution in [2.45, 2.75) is 51.6 Å². The van der Waals surface area contributed by atoms with Gasteiger partial charge in [0, 0.05) is 40.8 Å². The molecule has 0 unspecified atom stereocenters. The van der Waals surface area contributed by atoms with Gasteiger partial charge in [-0.3, -0.25) is 14.8 Å². The van der Waals surface area contributed by atoms with Crippen molar-refractivity contribution in [1.29, 1.82) is 0 Å². The highest BCUT2D eigenvalue weighted by Crippen LogP contribution is 2.40. The van der Waals surface area contributed by atoms with Gasteiger partial charge in [-0.25, -0.2) is 19.2 Å². The number of anilines is 1. The molecule has 0 fully saturated rings. The zero-order valence-corrected chi connectivity index (χ0v) is 27.4. The number of imidazole rings is 1. The second-order valence-corrected chi connectivity index (χ2v) is 13.3. The van der Waals surface area contributed by atoms with Crippen LogP contribution in [0.4, 0.5) is 14.3 Å². The molecule has 0 bridgehead atoms. The van der Waals surface area contributed by atoms with E-state index in [-0.39, 0.29) is 26.1 Å². The summed E-state index contributed by atoms with van der Waals surface area (Å²) in [6, 6.07) is 7.95. The molecule has 11 nitrogen and oxygen atoms in total. The molecule has 46 heavy (non-hydrogen) atoms. The van der Waals surface area contributed by atoms with Crippen LogP contribution in [0.2, 0.25) is 10.0 Å². The Labute approximate surface area is 277 Å². The number of alkyl halides is 1. The summed E-state index contributed by atoms with van der Waals surface area (Å²) >= 11 is 15.0. The normalized spacial score (nSPS) is 15.0. The van der Waals surface area contributed by atoms with E-state index in [0.29, 0.717) is 48.8 Å². The SMILES string of the molecule is CC(C)(C)OC(=O)NCCOc1ccc(-c2cc(Cl)c3cn([C@@H](C(=O)Nc4nccs4)c4ncn5c4C[C@@H](F)C5)nc3c2Cl)cc1. The van der Waals surface area contributed by atoms with Gasteiger partial charge < -0.3 is 19.4 Å². The van der Waals surface area contributed by atoms with Gasteiger partial charge in [-0.15, -0.1) is 11.3 Å². The number of hydrogen-bond donors (Lipinski definition) is 2. The molecule has 4 heterocycles. The van der Waals surface area contributed by atoms with Crippen LogP contribution in [0, 0.1) is 0 Å². The highest BCUT2D eigenvalue weighted by atomic mass is 35.5. The third-order valence-corrected chi connectivity index (χ3v) is 8.52. The molecule has 3 aromatic heterocycles. The molecule has 15 heteroatoms. The smallest absolute Gasteiger partial charge is 0.407 e. The van der Waals surface area contributed by atoms with Crippen molar-refractivity contribution in [3.8, 4) is 16.9 Å². The average Bonchev–Trinajstić information content (AvgIpc) is 3.79. The predicted molar refractivity (Wildman–Crippen MR) is 175 cm³/mol. The first kappa shape index (κ1) is 31.8. The Morgan fingerprint density at radius 3 is 2.70 bits per heavy atom. The van der Waals surface area contributed by atoms with Crippen molar-refractivity contribution >= 4 is 62.6 Å². The third kappa shape index (κ3) is 6.81. The van der Waals surface area contributed by atoms with Gasteiger partial charge in [-0.2, -0.15) is 5.10 Å². The Balaban J connectivity index is 1.25. The number of amides is 2. The van der Waals surface area contributed by atoms with Gasteiger partial charge in [-0.1, -0.05) is 35.3 Å². The quantitative estimate of drug-likeness (QED) is 0.166. The van der Waals surface area contributed by atoms with Crippen molar-refractivity contribution in [1.82, 2.24) is 29.6 Å². The van der Waals surface area contributed by atoms with Crippen LogP contribution in [0.5, 0.6) is 5.75 Å². The van der Waals surface area contributed by atoms with Crippen molar-refractivity contribution < 1.29 is 23.5 Å². The number of alkyl carbamates (subject to hydrolysis) is 1. The molecule has 2 atom stereocenters. The summed E-state index contributed by atoms with van der Waals surface area (Å²) in [5.41, 5.74) is 2.24. The van der Waals surface area contributed by atoms with Gasteiger partial charge in [0.15, 0.2) is 11.2 Å². The van der Waals surface area contributed by atoms with Gasteiger partial charge in [0.2, 0.25) is 0 Å². The molecule has 0 spiro atoms. The standard InChI is InChI=1S/C31H30Cl2FN7O4S/c1-31(2,3)45-30(43)36-8-10-44-19-6-4-17(5-7-19)20-13-22(32)21-15-41(39-25(21)24(20)33)27(28(42)38-29-35-9-11-46-29)26-23-12-18(34)14-40(23)16-37-26/h4-7,9,11,13,15-16,18,27H,8,10,12,14H2,1-3H3,(H,36,43)(H,35,38,42)/t18-,27-/m1/s1. The number of nitrogens with one attached hydrogen (secondary N) is 2. The number of carbonyl (C=O) groups is 2. The van der Waals surface area contributed by atoms with Crippen LogP contribution in [-0.4, -0.2) is 61.2 Å². The number of halogens is 3. The molecule has 0 aliphatic carbocycles. The minimum Gasteiger partial charge on any atom is -0.492 e. The lowest BCUT2D eigenvalue weighted by molar-refractivity contribution is -0.118. The number of aromatic nitrogens is 5. The van der Waals surface area contributed by atoms with E-state index < -0.39 is 29.8 Å². The Morgan fingerprint density at radius 2 is 1.98 bits per heavy atom. The van der Waals surface area contributed by atoms with E-state index in [1.807, 2.05) is 12.1 Å². The number of hydrogen-bond acceptors (Lipinski definition) is 8. The second kappa shape index (κ2) is 12.9. The largest absolute Gasteiger partial charge is 0.492 e. The third-order valence-electron chi connectivity index (χ3n) is 7.13. The first-order chi connectivity index (χ1) is 22.0. The first-order valence-corrected chi connectivity index (χ1v) is 16.1. The fourth-order valence-electron chi connectivity index (χ4n) is 5.18. The molecule has 1 aliphatic rings. The van der Waals surface area contributed by atoms with E-state index >= 15 is 0 Å². The number of benzene rings is 2. The Morgan fingerprint density at radius 1 is 1.20 bits per heavy atom. The maximum absolute atomic E-state index is 14.3. The van der Waals surface area contributed by atoms with Gasteiger partial charge in [0.05, 0.1) is 35.2 Å². The zero-order chi connectivity index (χ0) is 32.6. The first-order valence-electron chi connectivity index (χ1n) is 14.4. The van der Waals surface area contributed by atoms with E-state index in [1.165, 1.54) is 16.0 Å². The van der Waals surface area contributed by atoms with Crippen LogP contribution in [0.1, 0.15) is 38.2 Å². The maximum Gasteiger partial charge on any atom is 0.407 e. The molecule has 240 valence electrons. The molecule has 0 radical (unpaired) electrons. The van der Waals surface area contributed by atoms with E-state index in [4.69, 9.17) is 37.8 Å². The Hall–Kier alpha value is -4.20. The van der Waals surface area contributed by atoms with Crippen LogP contribution in [0.3, 0.4) is 0 Å². The maximum atomic E-state index is 14.3. The summed E-state index contributed by atoms with van der Waals surface area (Å²) < 4.78 is 28.5. The van der Waals surface area contributed by atoms with Crippen LogP contribution in [0.25, 0.3) is 22.0 Å². The topological polar surface area (TPSA) is 125 Å². The number of fused-ring (bicyclic) bond motifs is 2. The zero-order valence-electron chi connectivity index (χ0n) is 25.1. The predicted octanol–water partition coefficient (Wildman–Crippen LogP) is 6.69. The number of rotatable bonds is 9. The summed E-state index contributed by atoms with van der Waals surface area (Å²) in [4.78, 5) is 34.2. The molecular weight excluding hydrogens is 656 g/mol. The minimum absolute atomic E-state index is 0.142. The van der Waals surface area contributed by atoms with Crippen LogP contribution >= 0.6 is 34.5 Å². The fraction of sp³-hybridized carbons (Fsp3) is 0.323. The molecule has 1 aliphatic heterocycles. The fourth-order valence-corrected chi connectivity index (χ4v) is 6.26. The van der Waals surface area contributed by atoms with E-state index in [0.717, 1.165) is 5.56 Å². The summed E-state index contributed by atoms with van der Waals surface area (Å²) in [7, 11) is 0. The Bertz CT molecular complexity index is 1890. The highest BCUT2D eigenvalue weighted by molar-refractivity contribution is 7.13. The number of nitrogens with zero attached hydrogens (tertiary/aromatic N) is 5. The van der Waals surface area contributed by atoms with Gasteiger partial charge >= 0.3 is 6.09 Å². The molecule has 2 amide bonds. The van der Waals surface area contributed by atoms with Crippen molar-refractivity contribution in [2.24, 2.45) is 0 Å².